The lowest BCUT2D eigenvalue weighted by molar-refractivity contribution is -0.121. The molecule has 0 aliphatic carbocycles. The molecule has 1 heterocycles. The maximum Gasteiger partial charge on any atom is 0.220 e. The minimum atomic E-state index is 0.172. The summed E-state index contributed by atoms with van der Waals surface area (Å²) in [5.41, 5.74) is 5.33. The number of carbonyl (C=O) groups is 1. The fraction of sp³-hybridized carbons (Fsp3) is 0.900. The molecule has 82 valence electrons. The van der Waals surface area contributed by atoms with E-state index in [-0.39, 0.29) is 5.91 Å². The van der Waals surface area contributed by atoms with Crippen molar-refractivity contribution in [2.75, 3.05) is 26.2 Å². The Labute approximate surface area is 85.6 Å². The Balaban J connectivity index is 1.96. The van der Waals surface area contributed by atoms with Crippen LogP contribution in [0, 0.1) is 5.92 Å². The number of carbonyl (C=O) groups excluding carboxylic acids is 1. The van der Waals surface area contributed by atoms with Gasteiger partial charge in [0.2, 0.25) is 5.91 Å². The van der Waals surface area contributed by atoms with Gasteiger partial charge >= 0.3 is 0 Å². The van der Waals surface area contributed by atoms with E-state index in [2.05, 4.69) is 10.6 Å². The number of nitrogens with two attached hydrogens (primary N) is 1. The van der Waals surface area contributed by atoms with Crippen molar-refractivity contribution in [2.45, 2.75) is 25.7 Å². The summed E-state index contributed by atoms with van der Waals surface area (Å²) in [6.07, 6.45) is 3.77. The Morgan fingerprint density at radius 2 is 2.43 bits per heavy atom. The lowest BCUT2D eigenvalue weighted by Crippen LogP contribution is -2.26. The summed E-state index contributed by atoms with van der Waals surface area (Å²) in [7, 11) is 0. The van der Waals surface area contributed by atoms with Crippen LogP contribution in [0.4, 0.5) is 0 Å². The highest BCUT2D eigenvalue weighted by atomic mass is 16.1. The van der Waals surface area contributed by atoms with Gasteiger partial charge in [-0.1, -0.05) is 0 Å². The maximum atomic E-state index is 11.3. The largest absolute Gasteiger partial charge is 0.356 e. The first-order valence-electron chi connectivity index (χ1n) is 5.50. The Morgan fingerprint density at radius 3 is 3.07 bits per heavy atom. The van der Waals surface area contributed by atoms with Crippen LogP contribution in [0.25, 0.3) is 0 Å². The van der Waals surface area contributed by atoms with Gasteiger partial charge in [-0.15, -0.1) is 0 Å². The second kappa shape index (κ2) is 6.79. The van der Waals surface area contributed by atoms with Gasteiger partial charge in [-0.25, -0.2) is 0 Å². The van der Waals surface area contributed by atoms with Crippen molar-refractivity contribution in [3.05, 3.63) is 0 Å². The van der Waals surface area contributed by atoms with Crippen LogP contribution >= 0.6 is 0 Å². The highest BCUT2D eigenvalue weighted by Gasteiger charge is 2.15. The fourth-order valence-corrected chi connectivity index (χ4v) is 1.71. The molecule has 14 heavy (non-hydrogen) atoms. The van der Waals surface area contributed by atoms with E-state index < -0.39 is 0 Å². The molecule has 1 fully saturated rings. The number of nitrogens with one attached hydrogen (secondary N) is 2. The van der Waals surface area contributed by atoms with Gasteiger partial charge in [0.1, 0.15) is 0 Å². The predicted octanol–water partition coefficient (Wildman–Crippen LogP) is -0.159. The van der Waals surface area contributed by atoms with E-state index in [9.17, 15) is 4.79 Å². The van der Waals surface area contributed by atoms with E-state index in [4.69, 9.17) is 5.73 Å². The third-order valence-corrected chi connectivity index (χ3v) is 2.65. The summed E-state index contributed by atoms with van der Waals surface area (Å²) in [6, 6.07) is 0. The predicted molar refractivity (Wildman–Crippen MR) is 56.9 cm³/mol. The number of rotatable bonds is 6. The first-order chi connectivity index (χ1) is 6.83. The highest BCUT2D eigenvalue weighted by Crippen LogP contribution is 2.13. The lowest BCUT2D eigenvalue weighted by atomic mass is 10.0. The fourth-order valence-electron chi connectivity index (χ4n) is 1.71. The van der Waals surface area contributed by atoms with Gasteiger partial charge in [-0.05, 0) is 44.8 Å². The van der Waals surface area contributed by atoms with Crippen molar-refractivity contribution in [3.8, 4) is 0 Å². The molecule has 0 aromatic heterocycles. The second-order valence-corrected chi connectivity index (χ2v) is 3.89. The number of hydrogen-bond donors (Lipinski definition) is 3. The third kappa shape index (κ3) is 4.58. The van der Waals surface area contributed by atoms with E-state index in [0.29, 0.717) is 18.9 Å². The molecule has 1 aliphatic rings. The molecular weight excluding hydrogens is 178 g/mol. The first kappa shape index (κ1) is 11.5. The Bertz CT molecular complexity index is 167. The van der Waals surface area contributed by atoms with Gasteiger partial charge in [-0.3, -0.25) is 4.79 Å². The highest BCUT2D eigenvalue weighted by molar-refractivity contribution is 5.75. The van der Waals surface area contributed by atoms with Crippen molar-refractivity contribution >= 4 is 5.91 Å². The summed E-state index contributed by atoms with van der Waals surface area (Å²) in [5.74, 6) is 0.876. The smallest absolute Gasteiger partial charge is 0.220 e. The van der Waals surface area contributed by atoms with Crippen LogP contribution in [0.5, 0.6) is 0 Å². The zero-order valence-corrected chi connectivity index (χ0v) is 8.72. The SMILES string of the molecule is NCCCNC(=O)CCC1CCNC1. The summed E-state index contributed by atoms with van der Waals surface area (Å²) in [5, 5.41) is 6.17. The van der Waals surface area contributed by atoms with Crippen molar-refractivity contribution in [1.29, 1.82) is 0 Å². The molecule has 1 rings (SSSR count). The molecular formula is C10H21N3O. The van der Waals surface area contributed by atoms with Crippen molar-refractivity contribution < 1.29 is 4.79 Å². The van der Waals surface area contributed by atoms with Crippen LogP contribution in [-0.4, -0.2) is 32.1 Å². The van der Waals surface area contributed by atoms with E-state index in [1.165, 1.54) is 6.42 Å². The molecule has 0 aromatic rings. The molecule has 1 atom stereocenters. The molecule has 4 nitrogen and oxygen atoms in total. The summed E-state index contributed by atoms with van der Waals surface area (Å²) < 4.78 is 0. The van der Waals surface area contributed by atoms with Crippen molar-refractivity contribution in [3.63, 3.8) is 0 Å². The summed E-state index contributed by atoms with van der Waals surface area (Å²) in [6.45, 7) is 3.56. The molecule has 1 aliphatic heterocycles. The van der Waals surface area contributed by atoms with Crippen LogP contribution < -0.4 is 16.4 Å². The minimum absolute atomic E-state index is 0.172. The molecule has 0 radical (unpaired) electrons. The van der Waals surface area contributed by atoms with Gasteiger partial charge in [0.25, 0.3) is 0 Å². The average molecular weight is 199 g/mol. The molecule has 1 unspecified atom stereocenters. The zero-order valence-electron chi connectivity index (χ0n) is 8.72. The molecule has 4 N–H and O–H groups in total. The summed E-state index contributed by atoms with van der Waals surface area (Å²) in [4.78, 5) is 11.3. The van der Waals surface area contributed by atoms with Crippen LogP contribution in [0.3, 0.4) is 0 Å². The molecule has 0 bridgehead atoms. The normalized spacial score (nSPS) is 21.1. The summed E-state index contributed by atoms with van der Waals surface area (Å²) >= 11 is 0. The second-order valence-electron chi connectivity index (χ2n) is 3.89. The van der Waals surface area contributed by atoms with Crippen LogP contribution in [0.2, 0.25) is 0 Å². The molecule has 4 heteroatoms. The lowest BCUT2D eigenvalue weighted by Gasteiger charge is -2.08. The number of hydrogen-bond acceptors (Lipinski definition) is 3. The molecule has 0 spiro atoms. The van der Waals surface area contributed by atoms with E-state index in [1.807, 2.05) is 0 Å². The third-order valence-electron chi connectivity index (χ3n) is 2.65. The molecule has 1 amide bonds. The average Bonchev–Trinajstić information content (AvgIpc) is 2.68. The van der Waals surface area contributed by atoms with Crippen LogP contribution in [0.15, 0.2) is 0 Å². The van der Waals surface area contributed by atoms with Gasteiger partial charge in [-0.2, -0.15) is 0 Å². The molecule has 0 aromatic carbocycles. The van der Waals surface area contributed by atoms with Crippen molar-refractivity contribution in [2.24, 2.45) is 11.7 Å². The van der Waals surface area contributed by atoms with Gasteiger partial charge < -0.3 is 16.4 Å². The van der Waals surface area contributed by atoms with E-state index >= 15 is 0 Å². The topological polar surface area (TPSA) is 67.1 Å². The van der Waals surface area contributed by atoms with Gasteiger partial charge in [0, 0.05) is 13.0 Å². The van der Waals surface area contributed by atoms with Crippen LogP contribution in [-0.2, 0) is 4.79 Å². The standard InChI is InChI=1S/C10H21N3O/c11-5-1-6-13-10(14)3-2-9-4-7-12-8-9/h9,12H,1-8,11H2,(H,13,14). The van der Waals surface area contributed by atoms with Crippen LogP contribution in [0.1, 0.15) is 25.7 Å². The Hall–Kier alpha value is -0.610. The zero-order chi connectivity index (χ0) is 10.2. The van der Waals surface area contributed by atoms with E-state index in [0.717, 1.165) is 32.5 Å². The molecule has 0 saturated carbocycles. The first-order valence-corrected chi connectivity index (χ1v) is 5.50. The molecule has 1 saturated heterocycles. The van der Waals surface area contributed by atoms with Gasteiger partial charge in [0.15, 0.2) is 0 Å². The number of amides is 1. The Morgan fingerprint density at radius 1 is 1.57 bits per heavy atom. The minimum Gasteiger partial charge on any atom is -0.356 e. The monoisotopic (exact) mass is 199 g/mol. The Kier molecular flexibility index (Phi) is 5.56. The van der Waals surface area contributed by atoms with Gasteiger partial charge in [0.05, 0.1) is 0 Å². The van der Waals surface area contributed by atoms with Crippen molar-refractivity contribution in [1.82, 2.24) is 10.6 Å². The van der Waals surface area contributed by atoms with E-state index in [1.54, 1.807) is 0 Å². The quantitative estimate of drug-likeness (QED) is 0.521. The maximum absolute atomic E-state index is 11.3.